The van der Waals surface area contributed by atoms with Crippen LogP contribution in [0, 0.1) is 29.5 Å². The van der Waals surface area contributed by atoms with Gasteiger partial charge in [0.2, 0.25) is 11.8 Å². The van der Waals surface area contributed by atoms with Gasteiger partial charge in [0.1, 0.15) is 0 Å². The number of carbonyl (C=O) groups is 4. The molecule has 0 bridgehead atoms. The highest BCUT2D eigenvalue weighted by atomic mass is 19.1. The number of fused-ring (bicyclic) bond motifs is 4. The van der Waals surface area contributed by atoms with Crippen molar-refractivity contribution in [1.29, 1.82) is 0 Å². The highest BCUT2D eigenvalue weighted by Gasteiger charge is 2.66. The summed E-state index contributed by atoms with van der Waals surface area (Å²) in [5.74, 6) is -5.48. The number of nitrogens with zero attached hydrogens (tertiary/aromatic N) is 1. The Bertz CT molecular complexity index is 1860. The number of hydrogen-bond donors (Lipinski definition) is 1. The van der Waals surface area contributed by atoms with E-state index >= 15 is 4.39 Å². The Labute approximate surface area is 273 Å². The number of halogens is 1. The highest BCUT2D eigenvalue weighted by molar-refractivity contribution is 6.31. The van der Waals surface area contributed by atoms with Crippen LogP contribution >= 0.6 is 0 Å². The first kappa shape index (κ1) is 29.7. The molecule has 7 heteroatoms. The Kier molecular flexibility index (Phi) is 7.12. The zero-order valence-corrected chi connectivity index (χ0v) is 26.0. The minimum atomic E-state index is -1.43. The van der Waals surface area contributed by atoms with Crippen LogP contribution in [0.1, 0.15) is 67.6 Å². The molecule has 6 atom stereocenters. The number of phenolic OH excluding ortho intramolecular Hbond substituents is 1. The molecule has 1 heterocycles. The quantitative estimate of drug-likeness (QED) is 0.257. The predicted octanol–water partition coefficient (Wildman–Crippen LogP) is 6.69. The third-order valence-electron chi connectivity index (χ3n) is 11.7. The third kappa shape index (κ3) is 4.35. The van der Waals surface area contributed by atoms with E-state index in [1.54, 1.807) is 6.07 Å². The number of phenols is 1. The maximum Gasteiger partial charge on any atom is 0.233 e. The van der Waals surface area contributed by atoms with Gasteiger partial charge in [-0.1, -0.05) is 97.6 Å². The van der Waals surface area contributed by atoms with Gasteiger partial charge in [0.05, 0.1) is 17.3 Å². The van der Waals surface area contributed by atoms with E-state index in [2.05, 4.69) is 0 Å². The first-order valence-electron chi connectivity index (χ1n) is 16.8. The summed E-state index contributed by atoms with van der Waals surface area (Å²) in [6.45, 7) is 0. The summed E-state index contributed by atoms with van der Waals surface area (Å²) in [7, 11) is 0. The molecule has 2 saturated carbocycles. The molecule has 1 saturated heterocycles. The molecule has 0 spiro atoms. The van der Waals surface area contributed by atoms with E-state index in [0.717, 1.165) is 37.7 Å². The Hall–Kier alpha value is -4.65. The summed E-state index contributed by atoms with van der Waals surface area (Å²) in [5, 5.41) is 10.2. The largest absolute Gasteiger partial charge is 0.505 e. The molecule has 3 fully saturated rings. The first-order valence-corrected chi connectivity index (χ1v) is 16.8. The molecular formula is C40H36FNO5. The van der Waals surface area contributed by atoms with E-state index in [-0.39, 0.29) is 35.8 Å². The van der Waals surface area contributed by atoms with Crippen molar-refractivity contribution >= 4 is 29.0 Å². The molecule has 1 N–H and O–H groups in total. The number of hydrogen-bond acceptors (Lipinski definition) is 5. The van der Waals surface area contributed by atoms with E-state index in [1.807, 2.05) is 66.7 Å². The lowest BCUT2D eigenvalue weighted by atomic mass is 9.44. The van der Waals surface area contributed by atoms with E-state index < -0.39 is 46.6 Å². The topological polar surface area (TPSA) is 91.8 Å². The predicted molar refractivity (Wildman–Crippen MR) is 173 cm³/mol. The van der Waals surface area contributed by atoms with Gasteiger partial charge < -0.3 is 5.11 Å². The smallest absolute Gasteiger partial charge is 0.233 e. The molecule has 6 nitrogen and oxygen atoms in total. The molecule has 2 amide bonds. The average Bonchev–Trinajstić information content (AvgIpc) is 3.36. The normalized spacial score (nSPS) is 30.7. The molecule has 0 aromatic heterocycles. The SMILES string of the molecule is O=C1C(c2ccccc2)=CC(=O)C2(c3ccccc3)C1CC1C(=CCC3C(=O)N(C4CCCCC4)C(=O)C31)C2c1ccc(O)c(F)c1. The van der Waals surface area contributed by atoms with Gasteiger partial charge in [0.25, 0.3) is 0 Å². The standard InChI is InChI=1S/C40H36FNO5/c41-32-20-24(16-19-33(32)43)36-27-17-18-28-35(39(47)42(38(28)46)26-14-8-3-9-15-26)30(27)21-31-37(45)29(23-10-4-1-5-11-23)22-34(44)40(31,36)25-12-6-2-7-13-25/h1-2,4-7,10-13,16-17,19-20,22,26,28,30-31,35-36,43H,3,8-9,14-15,18,21H2. The monoisotopic (exact) mass is 629 g/mol. The Morgan fingerprint density at radius 2 is 1.51 bits per heavy atom. The number of likely N-dealkylation sites (tertiary alicyclic amines) is 1. The van der Waals surface area contributed by atoms with Gasteiger partial charge in [-0.3, -0.25) is 24.1 Å². The summed E-state index contributed by atoms with van der Waals surface area (Å²) in [4.78, 5) is 59.7. The number of ketones is 2. The van der Waals surface area contributed by atoms with Crippen molar-refractivity contribution < 1.29 is 28.7 Å². The van der Waals surface area contributed by atoms with Crippen molar-refractivity contribution in [2.24, 2.45) is 23.7 Å². The van der Waals surface area contributed by atoms with Gasteiger partial charge in [0, 0.05) is 23.5 Å². The van der Waals surface area contributed by atoms with E-state index in [1.165, 1.54) is 23.1 Å². The molecule has 0 radical (unpaired) electrons. The van der Waals surface area contributed by atoms with Crippen LogP contribution in [0.5, 0.6) is 5.75 Å². The second-order valence-electron chi connectivity index (χ2n) is 13.8. The Balaban J connectivity index is 1.35. The zero-order chi connectivity index (χ0) is 32.4. The fourth-order valence-corrected chi connectivity index (χ4v) is 9.68. The molecule has 1 aliphatic heterocycles. The highest BCUT2D eigenvalue weighted by Crippen LogP contribution is 2.64. The number of benzene rings is 3. The van der Waals surface area contributed by atoms with Crippen LogP contribution in [0.25, 0.3) is 5.57 Å². The van der Waals surface area contributed by atoms with Crippen molar-refractivity contribution in [3.05, 3.63) is 119 Å². The fraction of sp³-hybridized carbons (Fsp3) is 0.350. The van der Waals surface area contributed by atoms with Gasteiger partial charge in [0.15, 0.2) is 23.1 Å². The number of aromatic hydroxyl groups is 1. The van der Waals surface area contributed by atoms with Gasteiger partial charge in [-0.15, -0.1) is 0 Å². The lowest BCUT2D eigenvalue weighted by molar-refractivity contribution is -0.144. The number of imide groups is 1. The number of allylic oxidation sites excluding steroid dienone is 4. The Morgan fingerprint density at radius 3 is 2.21 bits per heavy atom. The minimum absolute atomic E-state index is 0.114. The Morgan fingerprint density at radius 1 is 0.809 bits per heavy atom. The summed E-state index contributed by atoms with van der Waals surface area (Å²) in [5.41, 5.74) is 1.41. The number of rotatable bonds is 4. The van der Waals surface area contributed by atoms with E-state index in [9.17, 15) is 24.3 Å². The molecule has 47 heavy (non-hydrogen) atoms. The molecule has 238 valence electrons. The molecule has 4 aliphatic carbocycles. The minimum Gasteiger partial charge on any atom is -0.505 e. The second-order valence-corrected chi connectivity index (χ2v) is 13.8. The first-order chi connectivity index (χ1) is 22.8. The van der Waals surface area contributed by atoms with Crippen LogP contribution in [-0.2, 0) is 24.6 Å². The van der Waals surface area contributed by atoms with Gasteiger partial charge in [-0.2, -0.15) is 0 Å². The van der Waals surface area contributed by atoms with Crippen LogP contribution < -0.4 is 0 Å². The van der Waals surface area contributed by atoms with Gasteiger partial charge in [-0.25, -0.2) is 4.39 Å². The van der Waals surface area contributed by atoms with Gasteiger partial charge in [-0.05, 0) is 66.5 Å². The maximum atomic E-state index is 15.2. The average molecular weight is 630 g/mol. The van der Waals surface area contributed by atoms with Crippen LogP contribution in [0.4, 0.5) is 4.39 Å². The fourth-order valence-electron chi connectivity index (χ4n) is 9.68. The second kappa shape index (κ2) is 11.3. The molecule has 6 unspecified atom stereocenters. The van der Waals surface area contributed by atoms with Crippen LogP contribution in [-0.4, -0.2) is 39.4 Å². The lowest BCUT2D eigenvalue weighted by Crippen LogP contribution is -2.58. The molecular weight excluding hydrogens is 593 g/mol. The van der Waals surface area contributed by atoms with Crippen LogP contribution in [0.15, 0.2) is 96.6 Å². The lowest BCUT2D eigenvalue weighted by Gasteiger charge is -2.55. The molecule has 8 rings (SSSR count). The van der Waals surface area contributed by atoms with Crippen molar-refractivity contribution in [3.63, 3.8) is 0 Å². The molecule has 3 aromatic carbocycles. The third-order valence-corrected chi connectivity index (χ3v) is 11.7. The summed E-state index contributed by atoms with van der Waals surface area (Å²) >= 11 is 0. The number of Topliss-reactive ketones (excluding diaryl/α,β-unsaturated/α-hetero) is 1. The van der Waals surface area contributed by atoms with Crippen LogP contribution in [0.3, 0.4) is 0 Å². The molecule has 5 aliphatic rings. The summed E-state index contributed by atoms with van der Waals surface area (Å²) in [6, 6.07) is 22.4. The van der Waals surface area contributed by atoms with Crippen molar-refractivity contribution in [3.8, 4) is 5.75 Å². The van der Waals surface area contributed by atoms with E-state index in [4.69, 9.17) is 0 Å². The number of carbonyl (C=O) groups excluding carboxylic acids is 4. The van der Waals surface area contributed by atoms with Crippen LogP contribution in [0.2, 0.25) is 0 Å². The van der Waals surface area contributed by atoms with Gasteiger partial charge >= 0.3 is 0 Å². The number of amides is 2. The van der Waals surface area contributed by atoms with Crippen molar-refractivity contribution in [2.75, 3.05) is 0 Å². The van der Waals surface area contributed by atoms with Crippen molar-refractivity contribution in [2.45, 2.75) is 62.3 Å². The maximum absolute atomic E-state index is 15.2. The van der Waals surface area contributed by atoms with Crippen molar-refractivity contribution in [1.82, 2.24) is 4.90 Å². The molecule has 3 aromatic rings. The zero-order valence-electron chi connectivity index (χ0n) is 26.0. The van der Waals surface area contributed by atoms with E-state index in [0.29, 0.717) is 28.7 Å². The summed E-state index contributed by atoms with van der Waals surface area (Å²) < 4.78 is 15.2. The summed E-state index contributed by atoms with van der Waals surface area (Å²) in [6.07, 6.45) is 8.64.